The fourth-order valence-electron chi connectivity index (χ4n) is 2.14. The van der Waals surface area contributed by atoms with Crippen LogP contribution >= 0.6 is 0 Å². The Bertz CT molecular complexity index is 371. The van der Waals surface area contributed by atoms with Crippen molar-refractivity contribution in [2.45, 2.75) is 39.2 Å². The Balaban J connectivity index is 3.00. The maximum absolute atomic E-state index is 12.0. The summed E-state index contributed by atoms with van der Waals surface area (Å²) in [5.74, 6) is -0.849. The Hall–Kier alpha value is -1.35. The molecule has 1 rings (SSSR count). The molecule has 0 saturated carbocycles. The second-order valence-electron chi connectivity index (χ2n) is 4.61. The van der Waals surface area contributed by atoms with Gasteiger partial charge in [0.15, 0.2) is 0 Å². The molecule has 3 heteroatoms. The van der Waals surface area contributed by atoms with Crippen LogP contribution in [0.25, 0.3) is 0 Å². The molecule has 100 valence electrons. The average molecular weight is 250 g/mol. The van der Waals surface area contributed by atoms with Crippen LogP contribution in [-0.4, -0.2) is 17.7 Å². The lowest BCUT2D eigenvalue weighted by Crippen LogP contribution is -2.38. The van der Waals surface area contributed by atoms with E-state index < -0.39 is 11.5 Å². The third kappa shape index (κ3) is 3.33. The van der Waals surface area contributed by atoms with Crippen molar-refractivity contribution in [1.82, 2.24) is 0 Å². The lowest BCUT2D eigenvalue weighted by atomic mass is 9.80. The summed E-state index contributed by atoms with van der Waals surface area (Å²) in [6, 6.07) is 9.28. The van der Waals surface area contributed by atoms with E-state index >= 15 is 0 Å². The van der Waals surface area contributed by atoms with E-state index in [1.807, 2.05) is 37.3 Å². The zero-order valence-corrected chi connectivity index (χ0v) is 11.3. The number of ether oxygens (including phenoxy) is 1. The van der Waals surface area contributed by atoms with E-state index in [1.54, 1.807) is 13.8 Å². The van der Waals surface area contributed by atoms with Gasteiger partial charge in [-0.05, 0) is 25.8 Å². The number of carbonyl (C=O) groups excluding carboxylic acids is 1. The van der Waals surface area contributed by atoms with E-state index in [0.29, 0.717) is 13.0 Å². The fourth-order valence-corrected chi connectivity index (χ4v) is 2.14. The molecule has 0 aliphatic carbocycles. The van der Waals surface area contributed by atoms with Gasteiger partial charge < -0.3 is 9.84 Å². The summed E-state index contributed by atoms with van der Waals surface area (Å²) in [6.45, 7) is 5.79. The van der Waals surface area contributed by atoms with Gasteiger partial charge in [0.2, 0.25) is 0 Å². The minimum Gasteiger partial charge on any atom is -0.466 e. The SMILES string of the molecule is CCC[C@H](C(=O)OCC)[C@@](C)(O)c1ccccc1. The molecule has 0 bridgehead atoms. The van der Waals surface area contributed by atoms with E-state index in [2.05, 4.69) is 0 Å². The highest BCUT2D eigenvalue weighted by Crippen LogP contribution is 2.33. The zero-order valence-electron chi connectivity index (χ0n) is 11.3. The van der Waals surface area contributed by atoms with Crippen molar-refractivity contribution in [3.05, 3.63) is 35.9 Å². The first-order chi connectivity index (χ1) is 8.54. The van der Waals surface area contributed by atoms with Crippen LogP contribution in [0.15, 0.2) is 30.3 Å². The van der Waals surface area contributed by atoms with Crippen LogP contribution in [0.3, 0.4) is 0 Å². The van der Waals surface area contributed by atoms with Crippen LogP contribution in [0.1, 0.15) is 39.2 Å². The Morgan fingerprint density at radius 1 is 1.33 bits per heavy atom. The lowest BCUT2D eigenvalue weighted by Gasteiger charge is -2.31. The van der Waals surface area contributed by atoms with E-state index in [4.69, 9.17) is 4.74 Å². The number of hydrogen-bond donors (Lipinski definition) is 1. The molecule has 0 aromatic heterocycles. The van der Waals surface area contributed by atoms with Crippen LogP contribution < -0.4 is 0 Å². The molecule has 0 spiro atoms. The molecule has 3 nitrogen and oxygen atoms in total. The van der Waals surface area contributed by atoms with Crippen LogP contribution in [0.5, 0.6) is 0 Å². The standard InChI is InChI=1S/C15H22O3/c1-4-9-13(14(16)18-5-2)15(3,17)12-10-7-6-8-11-12/h6-8,10-11,13,17H,4-5,9H2,1-3H3/t13-,15+/m1/s1. The first-order valence-electron chi connectivity index (χ1n) is 6.48. The van der Waals surface area contributed by atoms with Crippen molar-refractivity contribution in [1.29, 1.82) is 0 Å². The van der Waals surface area contributed by atoms with Crippen LogP contribution in [0, 0.1) is 5.92 Å². The molecule has 1 aromatic rings. The van der Waals surface area contributed by atoms with E-state index in [1.165, 1.54) is 0 Å². The van der Waals surface area contributed by atoms with E-state index in [-0.39, 0.29) is 5.97 Å². The van der Waals surface area contributed by atoms with Crippen LogP contribution in [0.2, 0.25) is 0 Å². The van der Waals surface area contributed by atoms with Gasteiger partial charge in [-0.2, -0.15) is 0 Å². The Morgan fingerprint density at radius 3 is 2.44 bits per heavy atom. The quantitative estimate of drug-likeness (QED) is 0.790. The Kier molecular flexibility index (Phi) is 5.35. The van der Waals surface area contributed by atoms with Crippen molar-refractivity contribution in [2.75, 3.05) is 6.61 Å². The molecular weight excluding hydrogens is 228 g/mol. The molecule has 0 aliphatic heterocycles. The monoisotopic (exact) mass is 250 g/mol. The van der Waals surface area contributed by atoms with Crippen molar-refractivity contribution in [2.24, 2.45) is 5.92 Å². The summed E-state index contributed by atoms with van der Waals surface area (Å²) in [6.07, 6.45) is 1.44. The topological polar surface area (TPSA) is 46.5 Å². The number of esters is 1. The molecule has 0 heterocycles. The van der Waals surface area contributed by atoms with Crippen molar-refractivity contribution in [3.8, 4) is 0 Å². The predicted molar refractivity (Wildman–Crippen MR) is 71.0 cm³/mol. The fraction of sp³-hybridized carbons (Fsp3) is 0.533. The minimum absolute atomic E-state index is 0.326. The van der Waals surface area contributed by atoms with Crippen molar-refractivity contribution >= 4 is 5.97 Å². The first kappa shape index (κ1) is 14.7. The maximum atomic E-state index is 12.0. The molecule has 1 N–H and O–H groups in total. The molecule has 0 fully saturated rings. The minimum atomic E-state index is -1.19. The molecule has 0 unspecified atom stereocenters. The van der Waals surface area contributed by atoms with E-state index in [9.17, 15) is 9.90 Å². The van der Waals surface area contributed by atoms with Gasteiger partial charge >= 0.3 is 5.97 Å². The number of carbonyl (C=O) groups is 1. The third-order valence-electron chi connectivity index (χ3n) is 3.19. The Labute approximate surface area is 109 Å². The second-order valence-corrected chi connectivity index (χ2v) is 4.61. The Morgan fingerprint density at radius 2 is 1.94 bits per heavy atom. The summed E-state index contributed by atoms with van der Waals surface area (Å²) in [5, 5.41) is 10.7. The molecule has 1 aromatic carbocycles. The number of rotatable bonds is 6. The molecule has 0 amide bonds. The zero-order chi connectivity index (χ0) is 13.6. The summed E-state index contributed by atoms with van der Waals surface area (Å²) in [4.78, 5) is 12.0. The number of aliphatic hydroxyl groups is 1. The largest absolute Gasteiger partial charge is 0.466 e. The molecule has 0 saturated heterocycles. The van der Waals surface area contributed by atoms with Gasteiger partial charge in [-0.1, -0.05) is 43.7 Å². The smallest absolute Gasteiger partial charge is 0.312 e. The van der Waals surface area contributed by atoms with Gasteiger partial charge in [0, 0.05) is 0 Å². The third-order valence-corrected chi connectivity index (χ3v) is 3.19. The molecule has 2 atom stereocenters. The van der Waals surface area contributed by atoms with E-state index in [0.717, 1.165) is 12.0 Å². The van der Waals surface area contributed by atoms with Gasteiger partial charge in [0.25, 0.3) is 0 Å². The summed E-state index contributed by atoms with van der Waals surface area (Å²) >= 11 is 0. The van der Waals surface area contributed by atoms with Gasteiger partial charge in [-0.3, -0.25) is 4.79 Å². The van der Waals surface area contributed by atoms with Crippen molar-refractivity contribution < 1.29 is 14.6 Å². The summed E-state index contributed by atoms with van der Waals surface area (Å²) < 4.78 is 5.07. The van der Waals surface area contributed by atoms with Crippen LogP contribution in [0.4, 0.5) is 0 Å². The normalized spacial score (nSPS) is 15.8. The highest BCUT2D eigenvalue weighted by atomic mass is 16.5. The highest BCUT2D eigenvalue weighted by molar-refractivity contribution is 5.74. The first-order valence-corrected chi connectivity index (χ1v) is 6.48. The molecule has 18 heavy (non-hydrogen) atoms. The molecule has 0 radical (unpaired) electrons. The average Bonchev–Trinajstić information content (AvgIpc) is 2.37. The molecular formula is C15H22O3. The summed E-state index contributed by atoms with van der Waals surface area (Å²) in [7, 11) is 0. The van der Waals surface area contributed by atoms with Gasteiger partial charge in [0.05, 0.1) is 12.5 Å². The number of hydrogen-bond acceptors (Lipinski definition) is 3. The molecule has 0 aliphatic rings. The second kappa shape index (κ2) is 6.55. The summed E-state index contributed by atoms with van der Waals surface area (Å²) in [5.41, 5.74) is -0.444. The van der Waals surface area contributed by atoms with Gasteiger partial charge in [0.1, 0.15) is 5.60 Å². The maximum Gasteiger partial charge on any atom is 0.312 e. The predicted octanol–water partition coefficient (Wildman–Crippen LogP) is 2.87. The van der Waals surface area contributed by atoms with Crippen LogP contribution in [-0.2, 0) is 15.1 Å². The van der Waals surface area contributed by atoms with Crippen molar-refractivity contribution in [3.63, 3.8) is 0 Å². The van der Waals surface area contributed by atoms with Gasteiger partial charge in [-0.25, -0.2) is 0 Å². The highest BCUT2D eigenvalue weighted by Gasteiger charge is 2.39. The lowest BCUT2D eigenvalue weighted by molar-refractivity contribution is -0.158. The van der Waals surface area contributed by atoms with Gasteiger partial charge in [-0.15, -0.1) is 0 Å². The number of benzene rings is 1.